The maximum Gasteiger partial charge on any atom is 0.303 e. The molecular weight excluding hydrogens is 499 g/mol. The summed E-state index contributed by atoms with van der Waals surface area (Å²) in [6.45, 7) is 2.12. The number of rotatable bonds is 8. The van der Waals surface area contributed by atoms with Crippen LogP contribution in [0.5, 0.6) is 0 Å². The first-order valence-corrected chi connectivity index (χ1v) is 13.0. The minimum absolute atomic E-state index is 0.105. The molecule has 5 rings (SSSR count). The predicted molar refractivity (Wildman–Crippen MR) is 146 cm³/mol. The SMILES string of the molecule is CNC(=O)c1c(-c2ccc(F)cc2)oc2cc(CCC(=O)O)c(-c3cccc(C(=O)NC4CCC4C)c3)cc12. The smallest absolute Gasteiger partial charge is 0.303 e. The van der Waals surface area contributed by atoms with E-state index in [0.717, 1.165) is 18.4 Å². The summed E-state index contributed by atoms with van der Waals surface area (Å²) in [5.74, 6) is -1.16. The molecule has 4 aromatic rings. The Morgan fingerprint density at radius 2 is 1.77 bits per heavy atom. The Kier molecular flexibility index (Phi) is 7.19. The van der Waals surface area contributed by atoms with E-state index in [1.165, 1.54) is 31.3 Å². The van der Waals surface area contributed by atoms with Gasteiger partial charge in [-0.1, -0.05) is 19.1 Å². The predicted octanol–water partition coefficient (Wildman–Crippen LogP) is 5.81. The summed E-state index contributed by atoms with van der Waals surface area (Å²) in [6.07, 6.45) is 2.17. The van der Waals surface area contributed by atoms with Gasteiger partial charge in [-0.05, 0) is 90.4 Å². The van der Waals surface area contributed by atoms with Crippen molar-refractivity contribution in [1.82, 2.24) is 10.6 Å². The summed E-state index contributed by atoms with van der Waals surface area (Å²) in [4.78, 5) is 37.4. The van der Waals surface area contributed by atoms with Crippen molar-refractivity contribution in [1.29, 1.82) is 0 Å². The maximum absolute atomic E-state index is 13.6. The molecule has 2 atom stereocenters. The summed E-state index contributed by atoms with van der Waals surface area (Å²) in [7, 11) is 1.52. The van der Waals surface area contributed by atoms with Gasteiger partial charge < -0.3 is 20.2 Å². The Labute approximate surface area is 225 Å². The molecule has 39 heavy (non-hydrogen) atoms. The Morgan fingerprint density at radius 1 is 1.00 bits per heavy atom. The van der Waals surface area contributed by atoms with E-state index in [2.05, 4.69) is 17.6 Å². The highest BCUT2D eigenvalue weighted by Gasteiger charge is 2.28. The zero-order chi connectivity index (χ0) is 27.7. The number of hydrogen-bond acceptors (Lipinski definition) is 4. The van der Waals surface area contributed by atoms with Crippen LogP contribution in [0.15, 0.2) is 65.1 Å². The molecule has 1 saturated carbocycles. The largest absolute Gasteiger partial charge is 0.481 e. The molecule has 8 heteroatoms. The Balaban J connectivity index is 1.64. The maximum atomic E-state index is 13.6. The molecule has 0 bridgehead atoms. The van der Waals surface area contributed by atoms with Gasteiger partial charge in [-0.15, -0.1) is 0 Å². The monoisotopic (exact) mass is 528 g/mol. The third-order valence-corrected chi connectivity index (χ3v) is 7.45. The number of amides is 2. The molecule has 3 aromatic carbocycles. The number of carboxylic acids is 1. The summed E-state index contributed by atoms with van der Waals surface area (Å²) in [5.41, 5.74) is 3.86. The van der Waals surface area contributed by atoms with Crippen LogP contribution < -0.4 is 10.6 Å². The third-order valence-electron chi connectivity index (χ3n) is 7.45. The van der Waals surface area contributed by atoms with E-state index >= 15 is 0 Å². The number of carbonyl (C=O) groups is 3. The standard InChI is InChI=1S/C31H29FN2O5/c1-17-6-12-25(17)34-30(37)21-5-3-4-19(14-21)23-16-24-26(15-20(23)9-13-27(35)36)39-29(28(24)31(38)33-2)18-7-10-22(32)11-8-18/h3-5,7-8,10-11,14-17,25H,6,9,12-13H2,1-2H3,(H,33,38)(H,34,37)(H,35,36). The number of carboxylic acid groups (broad SMARTS) is 1. The molecular formula is C31H29FN2O5. The van der Waals surface area contributed by atoms with Gasteiger partial charge in [0.25, 0.3) is 11.8 Å². The molecule has 7 nitrogen and oxygen atoms in total. The summed E-state index contributed by atoms with van der Waals surface area (Å²) < 4.78 is 19.7. The van der Waals surface area contributed by atoms with Crippen LogP contribution in [0.2, 0.25) is 0 Å². The lowest BCUT2D eigenvalue weighted by atomic mass is 9.81. The van der Waals surface area contributed by atoms with Gasteiger partial charge in [0, 0.05) is 36.0 Å². The molecule has 2 unspecified atom stereocenters. The first-order chi connectivity index (χ1) is 18.7. The Bertz CT molecular complexity index is 1570. The van der Waals surface area contributed by atoms with Crippen LogP contribution in [-0.4, -0.2) is 36.0 Å². The average molecular weight is 529 g/mol. The number of nitrogens with one attached hydrogen (secondary N) is 2. The number of aryl methyl sites for hydroxylation is 1. The van der Waals surface area contributed by atoms with Crippen molar-refractivity contribution in [2.45, 2.75) is 38.6 Å². The third kappa shape index (κ3) is 5.27. The van der Waals surface area contributed by atoms with E-state index < -0.39 is 11.8 Å². The molecule has 1 heterocycles. The zero-order valence-electron chi connectivity index (χ0n) is 21.7. The zero-order valence-corrected chi connectivity index (χ0v) is 21.7. The molecule has 1 aliphatic rings. The molecule has 1 fully saturated rings. The van der Waals surface area contributed by atoms with Crippen LogP contribution in [0.3, 0.4) is 0 Å². The van der Waals surface area contributed by atoms with E-state index in [-0.39, 0.29) is 42.0 Å². The molecule has 3 N–H and O–H groups in total. The van der Waals surface area contributed by atoms with Crippen molar-refractivity contribution in [3.05, 3.63) is 83.2 Å². The van der Waals surface area contributed by atoms with Crippen LogP contribution in [0.1, 0.15) is 52.5 Å². The fraction of sp³-hybridized carbons (Fsp3) is 0.258. The lowest BCUT2D eigenvalue weighted by Gasteiger charge is -2.34. The summed E-state index contributed by atoms with van der Waals surface area (Å²) >= 11 is 0. The lowest BCUT2D eigenvalue weighted by molar-refractivity contribution is -0.136. The lowest BCUT2D eigenvalue weighted by Crippen LogP contribution is -2.45. The fourth-order valence-corrected chi connectivity index (χ4v) is 5.02. The van der Waals surface area contributed by atoms with Crippen LogP contribution in [0, 0.1) is 11.7 Å². The molecule has 0 spiro atoms. The van der Waals surface area contributed by atoms with E-state index in [4.69, 9.17) is 4.42 Å². The number of carbonyl (C=O) groups excluding carboxylic acids is 2. The second-order valence-corrected chi connectivity index (χ2v) is 10.0. The van der Waals surface area contributed by atoms with Gasteiger partial charge in [-0.25, -0.2) is 4.39 Å². The highest BCUT2D eigenvalue weighted by Crippen LogP contribution is 2.38. The molecule has 1 aliphatic carbocycles. The highest BCUT2D eigenvalue weighted by molar-refractivity contribution is 6.12. The number of aliphatic carboxylic acids is 1. The van der Waals surface area contributed by atoms with Crippen LogP contribution in [0.4, 0.5) is 4.39 Å². The van der Waals surface area contributed by atoms with Gasteiger partial charge in [-0.2, -0.15) is 0 Å². The van der Waals surface area contributed by atoms with Crippen molar-refractivity contribution in [3.8, 4) is 22.5 Å². The first-order valence-electron chi connectivity index (χ1n) is 13.0. The Hall–Kier alpha value is -4.46. The quantitative estimate of drug-likeness (QED) is 0.267. The number of halogens is 1. The second kappa shape index (κ2) is 10.7. The number of benzene rings is 3. The van der Waals surface area contributed by atoms with Crippen LogP contribution in [0.25, 0.3) is 33.4 Å². The topological polar surface area (TPSA) is 109 Å². The van der Waals surface area contributed by atoms with E-state index in [1.807, 2.05) is 6.07 Å². The fourth-order valence-electron chi connectivity index (χ4n) is 5.02. The van der Waals surface area contributed by atoms with Crippen molar-refractivity contribution in [2.75, 3.05) is 7.05 Å². The van der Waals surface area contributed by atoms with E-state index in [0.29, 0.717) is 39.1 Å². The van der Waals surface area contributed by atoms with E-state index in [9.17, 15) is 23.9 Å². The number of hydrogen-bond donors (Lipinski definition) is 3. The van der Waals surface area contributed by atoms with Crippen molar-refractivity contribution in [2.24, 2.45) is 5.92 Å². The van der Waals surface area contributed by atoms with Gasteiger partial charge in [0.05, 0.1) is 5.56 Å². The van der Waals surface area contributed by atoms with Crippen molar-refractivity contribution < 1.29 is 28.3 Å². The highest BCUT2D eigenvalue weighted by atomic mass is 19.1. The first kappa shape index (κ1) is 26.2. The van der Waals surface area contributed by atoms with Gasteiger partial charge in [0.2, 0.25) is 0 Å². The normalized spacial score (nSPS) is 16.5. The molecule has 1 aromatic heterocycles. The van der Waals surface area contributed by atoms with Crippen molar-refractivity contribution in [3.63, 3.8) is 0 Å². The molecule has 200 valence electrons. The molecule has 0 radical (unpaired) electrons. The minimum Gasteiger partial charge on any atom is -0.481 e. The second-order valence-electron chi connectivity index (χ2n) is 10.0. The average Bonchev–Trinajstić information content (AvgIpc) is 3.31. The molecule has 2 amide bonds. The number of furan rings is 1. The van der Waals surface area contributed by atoms with Crippen molar-refractivity contribution >= 4 is 28.8 Å². The molecule has 0 aliphatic heterocycles. The van der Waals surface area contributed by atoms with Gasteiger partial charge in [0.15, 0.2) is 0 Å². The molecule has 0 saturated heterocycles. The van der Waals surface area contributed by atoms with Crippen LogP contribution >= 0.6 is 0 Å². The Morgan fingerprint density at radius 3 is 2.41 bits per heavy atom. The summed E-state index contributed by atoms with van der Waals surface area (Å²) in [6, 6.07) is 16.6. The van der Waals surface area contributed by atoms with E-state index in [1.54, 1.807) is 30.3 Å². The van der Waals surface area contributed by atoms with Crippen LogP contribution in [-0.2, 0) is 11.2 Å². The van der Waals surface area contributed by atoms with Gasteiger partial charge >= 0.3 is 5.97 Å². The van der Waals surface area contributed by atoms with Gasteiger partial charge in [0.1, 0.15) is 17.2 Å². The van der Waals surface area contributed by atoms with Gasteiger partial charge in [-0.3, -0.25) is 14.4 Å². The number of fused-ring (bicyclic) bond motifs is 1. The summed E-state index contributed by atoms with van der Waals surface area (Å²) in [5, 5.41) is 15.6. The minimum atomic E-state index is -0.943.